The highest BCUT2D eigenvalue weighted by Gasteiger charge is 2.25. The Morgan fingerprint density at radius 1 is 1.36 bits per heavy atom. The molecular formula is C16H18ClNO3S. The zero-order chi connectivity index (χ0) is 16.2. The highest BCUT2D eigenvalue weighted by molar-refractivity contribution is 7.10. The van der Waals surface area contributed by atoms with Gasteiger partial charge in [-0.05, 0) is 36.1 Å². The predicted molar refractivity (Wildman–Crippen MR) is 87.9 cm³/mol. The van der Waals surface area contributed by atoms with Crippen LogP contribution in [0.3, 0.4) is 0 Å². The van der Waals surface area contributed by atoms with Gasteiger partial charge in [-0.1, -0.05) is 29.8 Å². The van der Waals surface area contributed by atoms with Crippen LogP contribution in [0, 0.1) is 0 Å². The van der Waals surface area contributed by atoms with Crippen molar-refractivity contribution in [3.63, 3.8) is 0 Å². The zero-order valence-electron chi connectivity index (χ0n) is 12.1. The second kappa shape index (κ2) is 7.24. The Bertz CT molecular complexity index is 611. The summed E-state index contributed by atoms with van der Waals surface area (Å²) in [4.78, 5) is 12.7. The van der Waals surface area contributed by atoms with Crippen LogP contribution < -0.4 is 5.32 Å². The van der Waals surface area contributed by atoms with E-state index in [1.165, 1.54) is 11.3 Å². The number of hydrogen-bond acceptors (Lipinski definition) is 4. The molecular weight excluding hydrogens is 322 g/mol. The molecule has 0 aliphatic carbocycles. The van der Waals surface area contributed by atoms with Crippen molar-refractivity contribution >= 4 is 28.8 Å². The Balaban J connectivity index is 1.86. The third-order valence-corrected chi connectivity index (χ3v) is 4.69. The quantitative estimate of drug-likeness (QED) is 0.758. The molecule has 1 aromatic heterocycles. The fourth-order valence-corrected chi connectivity index (χ4v) is 2.91. The van der Waals surface area contributed by atoms with Crippen molar-refractivity contribution in [3.8, 4) is 0 Å². The Labute approximate surface area is 138 Å². The topological polar surface area (TPSA) is 69.6 Å². The average Bonchev–Trinajstić information content (AvgIpc) is 3.01. The summed E-state index contributed by atoms with van der Waals surface area (Å²) in [6.07, 6.45) is -0.966. The van der Waals surface area contributed by atoms with Crippen LogP contribution in [0.15, 0.2) is 41.8 Å². The summed E-state index contributed by atoms with van der Waals surface area (Å²) in [5.74, 6) is -0.320. The third kappa shape index (κ3) is 4.55. The fraction of sp³-hybridized carbons (Fsp3) is 0.312. The number of aliphatic hydroxyl groups excluding tert-OH is 1. The molecule has 1 amide bonds. The highest BCUT2D eigenvalue weighted by atomic mass is 35.5. The van der Waals surface area contributed by atoms with Gasteiger partial charge in [0, 0.05) is 9.90 Å². The van der Waals surface area contributed by atoms with Crippen LogP contribution in [0.4, 0.5) is 0 Å². The number of aliphatic hydroxyl groups is 2. The molecule has 22 heavy (non-hydrogen) atoms. The molecule has 4 nitrogen and oxygen atoms in total. The van der Waals surface area contributed by atoms with Crippen molar-refractivity contribution in [1.29, 1.82) is 0 Å². The number of carbonyl (C=O) groups excluding carboxylic acids is 1. The van der Waals surface area contributed by atoms with Crippen molar-refractivity contribution in [1.82, 2.24) is 5.32 Å². The van der Waals surface area contributed by atoms with Crippen LogP contribution in [0.5, 0.6) is 0 Å². The number of benzene rings is 1. The number of rotatable bonds is 6. The predicted octanol–water partition coefficient (Wildman–Crippen LogP) is 2.85. The minimum Gasteiger partial charge on any atom is -0.388 e. The maximum Gasteiger partial charge on any atom is 0.223 e. The minimum atomic E-state index is -1.12. The highest BCUT2D eigenvalue weighted by Crippen LogP contribution is 2.24. The minimum absolute atomic E-state index is 0.0673. The van der Waals surface area contributed by atoms with E-state index in [1.807, 2.05) is 17.5 Å². The van der Waals surface area contributed by atoms with E-state index in [-0.39, 0.29) is 18.9 Å². The first-order valence-electron chi connectivity index (χ1n) is 6.85. The molecule has 0 bridgehead atoms. The average molecular weight is 340 g/mol. The van der Waals surface area contributed by atoms with E-state index in [0.717, 1.165) is 4.88 Å². The second-order valence-electron chi connectivity index (χ2n) is 5.30. The molecule has 2 unspecified atom stereocenters. The molecule has 1 heterocycles. The van der Waals surface area contributed by atoms with E-state index in [2.05, 4.69) is 5.32 Å². The molecule has 3 N–H and O–H groups in total. The van der Waals surface area contributed by atoms with Gasteiger partial charge < -0.3 is 15.5 Å². The molecule has 0 saturated carbocycles. The van der Waals surface area contributed by atoms with Gasteiger partial charge in [-0.15, -0.1) is 11.3 Å². The van der Waals surface area contributed by atoms with Crippen molar-refractivity contribution in [2.24, 2.45) is 0 Å². The molecule has 118 valence electrons. The lowest BCUT2D eigenvalue weighted by molar-refractivity contribution is -0.124. The molecule has 0 aliphatic heterocycles. The van der Waals surface area contributed by atoms with E-state index in [4.69, 9.17) is 11.6 Å². The largest absolute Gasteiger partial charge is 0.388 e. The van der Waals surface area contributed by atoms with Crippen LogP contribution in [-0.2, 0) is 10.4 Å². The van der Waals surface area contributed by atoms with Crippen molar-refractivity contribution in [2.45, 2.75) is 25.0 Å². The Kier molecular flexibility index (Phi) is 5.58. The lowest BCUT2D eigenvalue weighted by Gasteiger charge is -2.22. The van der Waals surface area contributed by atoms with Crippen LogP contribution in [0.25, 0.3) is 0 Å². The van der Waals surface area contributed by atoms with E-state index >= 15 is 0 Å². The fourth-order valence-electron chi connectivity index (χ4n) is 1.99. The summed E-state index contributed by atoms with van der Waals surface area (Å²) in [6.45, 7) is 1.74. The molecule has 6 heteroatoms. The van der Waals surface area contributed by atoms with Crippen molar-refractivity contribution in [2.75, 3.05) is 6.54 Å². The molecule has 2 aromatic rings. The standard InChI is InChI=1S/C16H18ClNO3S/c1-16(21,14-3-2-8-22-14)10-18-15(20)9-13(19)11-4-6-12(17)7-5-11/h2-8,13,19,21H,9-10H2,1H3,(H,18,20). The Hall–Kier alpha value is -1.40. The smallest absolute Gasteiger partial charge is 0.223 e. The number of carbonyl (C=O) groups is 1. The number of nitrogens with one attached hydrogen (secondary N) is 1. The molecule has 0 radical (unpaired) electrons. The zero-order valence-corrected chi connectivity index (χ0v) is 13.7. The second-order valence-corrected chi connectivity index (χ2v) is 6.68. The van der Waals surface area contributed by atoms with Gasteiger partial charge in [0.05, 0.1) is 19.1 Å². The lowest BCUT2D eigenvalue weighted by Crippen LogP contribution is -2.38. The van der Waals surface area contributed by atoms with Gasteiger partial charge in [0.15, 0.2) is 0 Å². The molecule has 2 rings (SSSR count). The number of amides is 1. The van der Waals surface area contributed by atoms with Gasteiger partial charge in [0.25, 0.3) is 0 Å². The summed E-state index contributed by atoms with van der Waals surface area (Å²) in [6, 6.07) is 10.4. The van der Waals surface area contributed by atoms with Gasteiger partial charge in [0.2, 0.25) is 5.91 Å². The number of halogens is 1. The van der Waals surface area contributed by atoms with E-state index < -0.39 is 11.7 Å². The van der Waals surface area contributed by atoms with Gasteiger partial charge in [-0.25, -0.2) is 0 Å². The lowest BCUT2D eigenvalue weighted by atomic mass is 10.0. The summed E-state index contributed by atoms with van der Waals surface area (Å²) in [5.41, 5.74) is -0.487. The van der Waals surface area contributed by atoms with Gasteiger partial charge in [0.1, 0.15) is 5.60 Å². The SMILES string of the molecule is CC(O)(CNC(=O)CC(O)c1ccc(Cl)cc1)c1cccs1. The molecule has 0 saturated heterocycles. The van der Waals surface area contributed by atoms with Crippen LogP contribution in [0.1, 0.15) is 29.9 Å². The Morgan fingerprint density at radius 3 is 2.64 bits per heavy atom. The van der Waals surface area contributed by atoms with E-state index in [1.54, 1.807) is 31.2 Å². The van der Waals surface area contributed by atoms with Crippen LogP contribution >= 0.6 is 22.9 Å². The van der Waals surface area contributed by atoms with Crippen LogP contribution in [0.2, 0.25) is 5.02 Å². The first-order valence-corrected chi connectivity index (χ1v) is 8.11. The van der Waals surface area contributed by atoms with Gasteiger partial charge >= 0.3 is 0 Å². The first kappa shape index (κ1) is 17.0. The monoisotopic (exact) mass is 339 g/mol. The third-order valence-electron chi connectivity index (χ3n) is 3.32. The first-order chi connectivity index (χ1) is 10.4. The molecule has 0 aliphatic rings. The maximum atomic E-state index is 11.9. The van der Waals surface area contributed by atoms with Crippen molar-refractivity contribution < 1.29 is 15.0 Å². The summed E-state index contributed by atoms with van der Waals surface area (Å²) >= 11 is 7.21. The molecule has 0 spiro atoms. The Morgan fingerprint density at radius 2 is 2.05 bits per heavy atom. The summed E-state index contributed by atoms with van der Waals surface area (Å²) in [5, 5.41) is 25.5. The summed E-state index contributed by atoms with van der Waals surface area (Å²) < 4.78 is 0. The molecule has 1 aromatic carbocycles. The summed E-state index contributed by atoms with van der Waals surface area (Å²) in [7, 11) is 0. The number of hydrogen-bond donors (Lipinski definition) is 3. The van der Waals surface area contributed by atoms with Crippen molar-refractivity contribution in [3.05, 3.63) is 57.2 Å². The van der Waals surface area contributed by atoms with E-state index in [0.29, 0.717) is 10.6 Å². The maximum absolute atomic E-state index is 11.9. The molecule has 0 fully saturated rings. The van der Waals surface area contributed by atoms with Gasteiger partial charge in [-0.3, -0.25) is 4.79 Å². The number of thiophene rings is 1. The van der Waals surface area contributed by atoms with E-state index in [9.17, 15) is 15.0 Å². The molecule has 2 atom stereocenters. The normalized spacial score (nSPS) is 15.1. The van der Waals surface area contributed by atoms with Gasteiger partial charge in [-0.2, -0.15) is 0 Å². The van der Waals surface area contributed by atoms with Crippen LogP contribution in [-0.4, -0.2) is 22.7 Å².